The maximum atomic E-state index is 12.4. The van der Waals surface area contributed by atoms with Gasteiger partial charge in [0.2, 0.25) is 0 Å². The molecule has 1 N–H and O–H groups in total. The summed E-state index contributed by atoms with van der Waals surface area (Å²) in [6, 6.07) is 9.02. The number of piperazine rings is 1. The van der Waals surface area contributed by atoms with E-state index in [1.54, 1.807) is 0 Å². The average molecular weight is 438 g/mol. The molecule has 1 unspecified atom stereocenters. The van der Waals surface area contributed by atoms with Crippen LogP contribution in [-0.2, 0) is 11.2 Å². The third-order valence-corrected chi connectivity index (χ3v) is 6.45. The van der Waals surface area contributed by atoms with E-state index in [1.165, 1.54) is 5.56 Å². The van der Waals surface area contributed by atoms with E-state index in [4.69, 9.17) is 16.3 Å². The number of carbonyl (C=O) groups is 1. The molecule has 7 heteroatoms. The van der Waals surface area contributed by atoms with Crippen molar-refractivity contribution in [1.29, 1.82) is 0 Å². The van der Waals surface area contributed by atoms with Crippen molar-refractivity contribution in [3.8, 4) is 0 Å². The molecule has 3 rings (SSSR count). The molecule has 2 aliphatic rings. The van der Waals surface area contributed by atoms with E-state index in [0.29, 0.717) is 25.2 Å². The van der Waals surface area contributed by atoms with E-state index in [9.17, 15) is 9.90 Å². The standard InChI is InChI=1S/C23H36ClN3O3/c1-23(2,3)30-22(29)26-11-9-19(10-12-26)27-15-21(16-28)25(4)14-20(27)13-17-5-7-18(24)8-6-17/h5-8,19-21,28H,9-16H2,1-4H3/t20?,21-/m1/s1. The fraction of sp³-hybridized carbons (Fsp3) is 0.696. The second kappa shape index (κ2) is 9.86. The monoisotopic (exact) mass is 437 g/mol. The first-order valence-electron chi connectivity index (χ1n) is 11.0. The molecule has 1 amide bonds. The summed E-state index contributed by atoms with van der Waals surface area (Å²) in [5.74, 6) is 0. The van der Waals surface area contributed by atoms with Crippen molar-refractivity contribution in [2.24, 2.45) is 0 Å². The van der Waals surface area contributed by atoms with Gasteiger partial charge in [0, 0.05) is 49.3 Å². The number of likely N-dealkylation sites (N-methyl/N-ethyl adjacent to an activating group) is 1. The molecule has 1 aromatic rings. The fourth-order valence-electron chi connectivity index (χ4n) is 4.54. The van der Waals surface area contributed by atoms with E-state index in [2.05, 4.69) is 29.0 Å². The number of ether oxygens (including phenoxy) is 1. The minimum absolute atomic E-state index is 0.148. The molecule has 0 aliphatic carbocycles. The largest absolute Gasteiger partial charge is 0.444 e. The number of halogens is 1. The van der Waals surface area contributed by atoms with Gasteiger partial charge in [0.25, 0.3) is 0 Å². The smallest absolute Gasteiger partial charge is 0.410 e. The van der Waals surface area contributed by atoms with Crippen LogP contribution in [0.15, 0.2) is 24.3 Å². The quantitative estimate of drug-likeness (QED) is 0.783. The average Bonchev–Trinajstić information content (AvgIpc) is 2.69. The number of aliphatic hydroxyl groups is 1. The Balaban J connectivity index is 1.66. The van der Waals surface area contributed by atoms with Gasteiger partial charge in [0.05, 0.1) is 6.61 Å². The third kappa shape index (κ3) is 6.10. The molecule has 0 aromatic heterocycles. The number of carbonyl (C=O) groups excluding carboxylic acids is 1. The van der Waals surface area contributed by atoms with Gasteiger partial charge < -0.3 is 14.7 Å². The predicted molar refractivity (Wildman–Crippen MR) is 120 cm³/mol. The molecule has 2 atom stereocenters. The van der Waals surface area contributed by atoms with Gasteiger partial charge in [-0.05, 0) is 64.8 Å². The van der Waals surface area contributed by atoms with Crippen molar-refractivity contribution in [2.45, 2.75) is 63.8 Å². The second-order valence-corrected chi connectivity index (χ2v) is 10.1. The summed E-state index contributed by atoms with van der Waals surface area (Å²) >= 11 is 6.06. The summed E-state index contributed by atoms with van der Waals surface area (Å²) in [6.07, 6.45) is 2.59. The zero-order valence-electron chi connectivity index (χ0n) is 18.7. The molecule has 0 spiro atoms. The summed E-state index contributed by atoms with van der Waals surface area (Å²) in [5.41, 5.74) is 0.806. The summed E-state index contributed by atoms with van der Waals surface area (Å²) in [5, 5.41) is 10.6. The number of likely N-dealkylation sites (tertiary alicyclic amines) is 1. The third-order valence-electron chi connectivity index (χ3n) is 6.19. The van der Waals surface area contributed by atoms with Gasteiger partial charge in [-0.2, -0.15) is 0 Å². The normalized spacial score (nSPS) is 24.8. The van der Waals surface area contributed by atoms with Gasteiger partial charge in [0.15, 0.2) is 0 Å². The van der Waals surface area contributed by atoms with Crippen LogP contribution in [0.3, 0.4) is 0 Å². The van der Waals surface area contributed by atoms with Gasteiger partial charge in [-0.1, -0.05) is 23.7 Å². The highest BCUT2D eigenvalue weighted by molar-refractivity contribution is 6.30. The number of hydrogen-bond acceptors (Lipinski definition) is 5. The number of benzene rings is 1. The van der Waals surface area contributed by atoms with Crippen LogP contribution in [0.2, 0.25) is 5.02 Å². The van der Waals surface area contributed by atoms with Crippen LogP contribution in [0.25, 0.3) is 0 Å². The number of piperidine rings is 1. The Kier molecular flexibility index (Phi) is 7.66. The minimum atomic E-state index is -0.469. The van der Waals surface area contributed by atoms with Gasteiger partial charge in [-0.3, -0.25) is 9.80 Å². The van der Waals surface area contributed by atoms with Crippen molar-refractivity contribution in [3.63, 3.8) is 0 Å². The minimum Gasteiger partial charge on any atom is -0.444 e. The molecule has 2 aliphatic heterocycles. The summed E-state index contributed by atoms with van der Waals surface area (Å²) in [4.78, 5) is 19.1. The highest BCUT2D eigenvalue weighted by Gasteiger charge is 2.37. The Hall–Kier alpha value is -1.34. The highest BCUT2D eigenvalue weighted by Crippen LogP contribution is 2.26. The van der Waals surface area contributed by atoms with Crippen LogP contribution >= 0.6 is 11.6 Å². The van der Waals surface area contributed by atoms with E-state index in [0.717, 1.165) is 37.4 Å². The van der Waals surface area contributed by atoms with Crippen molar-refractivity contribution < 1.29 is 14.6 Å². The van der Waals surface area contributed by atoms with Crippen molar-refractivity contribution in [3.05, 3.63) is 34.9 Å². The summed E-state index contributed by atoms with van der Waals surface area (Å²) in [7, 11) is 2.10. The Bertz CT molecular complexity index is 699. The first-order valence-corrected chi connectivity index (χ1v) is 11.3. The Morgan fingerprint density at radius 2 is 1.77 bits per heavy atom. The summed E-state index contributed by atoms with van der Waals surface area (Å²) in [6.45, 7) is 9.06. The van der Waals surface area contributed by atoms with Gasteiger partial charge >= 0.3 is 6.09 Å². The van der Waals surface area contributed by atoms with Crippen LogP contribution in [0.4, 0.5) is 4.79 Å². The maximum absolute atomic E-state index is 12.4. The van der Waals surface area contributed by atoms with Crippen molar-refractivity contribution >= 4 is 17.7 Å². The van der Waals surface area contributed by atoms with Gasteiger partial charge in [-0.15, -0.1) is 0 Å². The molecular formula is C23H36ClN3O3. The van der Waals surface area contributed by atoms with E-state index in [-0.39, 0.29) is 18.7 Å². The number of rotatable bonds is 4. The first kappa shape index (κ1) is 23.3. The lowest BCUT2D eigenvalue weighted by molar-refractivity contribution is -0.0255. The fourth-order valence-corrected chi connectivity index (χ4v) is 4.67. The Labute approximate surface area is 185 Å². The molecule has 2 fully saturated rings. The van der Waals surface area contributed by atoms with E-state index in [1.807, 2.05) is 37.8 Å². The van der Waals surface area contributed by atoms with Crippen molar-refractivity contribution in [1.82, 2.24) is 14.7 Å². The number of aliphatic hydroxyl groups excluding tert-OH is 1. The molecule has 6 nitrogen and oxygen atoms in total. The van der Waals surface area contributed by atoms with Crippen molar-refractivity contribution in [2.75, 3.05) is 39.8 Å². The number of hydrogen-bond donors (Lipinski definition) is 1. The maximum Gasteiger partial charge on any atom is 0.410 e. The van der Waals surface area contributed by atoms with E-state index < -0.39 is 5.60 Å². The first-order chi connectivity index (χ1) is 14.2. The lowest BCUT2D eigenvalue weighted by atomic mass is 9.94. The molecular weight excluding hydrogens is 402 g/mol. The van der Waals surface area contributed by atoms with Gasteiger partial charge in [-0.25, -0.2) is 4.79 Å². The summed E-state index contributed by atoms with van der Waals surface area (Å²) < 4.78 is 5.54. The second-order valence-electron chi connectivity index (χ2n) is 9.66. The SMILES string of the molecule is CN1CC(Cc2ccc(Cl)cc2)N(C2CCN(C(=O)OC(C)(C)C)CC2)C[C@@H]1CO. The molecule has 30 heavy (non-hydrogen) atoms. The molecule has 0 saturated carbocycles. The Morgan fingerprint density at radius 3 is 2.33 bits per heavy atom. The van der Waals surface area contributed by atoms with E-state index >= 15 is 0 Å². The zero-order valence-corrected chi connectivity index (χ0v) is 19.4. The van der Waals surface area contributed by atoms with Crippen LogP contribution in [0.5, 0.6) is 0 Å². The van der Waals surface area contributed by atoms with Crippen LogP contribution < -0.4 is 0 Å². The highest BCUT2D eigenvalue weighted by atomic mass is 35.5. The molecule has 0 bridgehead atoms. The lowest BCUT2D eigenvalue weighted by Crippen LogP contribution is -2.62. The topological polar surface area (TPSA) is 56.2 Å². The number of amides is 1. The molecule has 1 aromatic carbocycles. The molecule has 2 heterocycles. The molecule has 168 valence electrons. The number of nitrogens with zero attached hydrogens (tertiary/aromatic N) is 3. The van der Waals surface area contributed by atoms with Crippen LogP contribution in [0.1, 0.15) is 39.2 Å². The van der Waals surface area contributed by atoms with Crippen LogP contribution in [-0.4, -0.2) is 89.5 Å². The Morgan fingerprint density at radius 1 is 1.13 bits per heavy atom. The van der Waals surface area contributed by atoms with Gasteiger partial charge in [0.1, 0.15) is 5.60 Å². The molecule has 0 radical (unpaired) electrons. The van der Waals surface area contributed by atoms with Crippen LogP contribution in [0, 0.1) is 0 Å². The zero-order chi connectivity index (χ0) is 21.9. The molecule has 2 saturated heterocycles. The predicted octanol–water partition coefficient (Wildman–Crippen LogP) is 3.26. The lowest BCUT2D eigenvalue weighted by Gasteiger charge is -2.49.